The average Bonchev–Trinajstić information content (AvgIpc) is 2.73. The van der Waals surface area contributed by atoms with Gasteiger partial charge in [0.2, 0.25) is 0 Å². The first-order valence-corrected chi connectivity index (χ1v) is 9.64. The Bertz CT molecular complexity index is 386. The van der Waals surface area contributed by atoms with Gasteiger partial charge in [0.25, 0.3) is 0 Å². The van der Waals surface area contributed by atoms with Crippen LogP contribution >= 0.6 is 0 Å². The van der Waals surface area contributed by atoms with E-state index >= 15 is 0 Å². The molecule has 10 N–H and O–H groups in total. The maximum absolute atomic E-state index is 10.1. The molecule has 0 heterocycles. The Balaban J connectivity index is 4.82. The molecule has 0 saturated heterocycles. The molecule has 0 radical (unpaired) electrons. The van der Waals surface area contributed by atoms with Gasteiger partial charge in [-0.25, -0.2) is 0 Å². The van der Waals surface area contributed by atoms with E-state index in [4.69, 9.17) is 10.2 Å². The Labute approximate surface area is 170 Å². The fourth-order valence-corrected chi connectivity index (χ4v) is 2.73. The average molecular weight is 430 g/mol. The highest BCUT2D eigenvalue weighted by atomic mass is 16.4. The van der Waals surface area contributed by atoms with Crippen LogP contribution in [0.25, 0.3) is 0 Å². The largest absolute Gasteiger partial charge is 0.394 e. The van der Waals surface area contributed by atoms with Crippen LogP contribution in [0.3, 0.4) is 0 Å². The van der Waals surface area contributed by atoms with Crippen LogP contribution in [0.15, 0.2) is 0 Å². The van der Waals surface area contributed by atoms with Crippen molar-refractivity contribution in [2.24, 2.45) is 0 Å². The van der Waals surface area contributed by atoms with Crippen LogP contribution in [-0.4, -0.2) is 156 Å². The smallest absolute Gasteiger partial charge is 0.111 e. The first-order chi connectivity index (χ1) is 13.5. The van der Waals surface area contributed by atoms with Crippen molar-refractivity contribution in [3.05, 3.63) is 0 Å². The molecule has 0 fully saturated rings. The van der Waals surface area contributed by atoms with Gasteiger partial charge in [-0.2, -0.15) is 0 Å². The third-order valence-corrected chi connectivity index (χ3v) is 4.84. The second-order valence-electron chi connectivity index (χ2n) is 7.08. The molecular weight excluding hydrogens is 392 g/mol. The first-order valence-electron chi connectivity index (χ1n) is 9.64. The molecule has 12 nitrogen and oxygen atoms in total. The molecule has 0 spiro atoms. The van der Waals surface area contributed by atoms with Gasteiger partial charge in [0.05, 0.1) is 32.1 Å². The highest BCUT2D eigenvalue weighted by Gasteiger charge is 2.33. The van der Waals surface area contributed by atoms with E-state index in [1.165, 1.54) is 0 Å². The number of likely N-dealkylation sites (N-methyl/N-ethyl adjacent to an activating group) is 2. The zero-order chi connectivity index (χ0) is 22.7. The van der Waals surface area contributed by atoms with E-state index in [1.807, 2.05) is 0 Å². The summed E-state index contributed by atoms with van der Waals surface area (Å²) in [5, 5.41) is 95.9. The lowest BCUT2D eigenvalue weighted by atomic mass is 10.0. The van der Waals surface area contributed by atoms with E-state index in [2.05, 4.69) is 0 Å². The molecule has 12 heteroatoms. The van der Waals surface area contributed by atoms with Crippen molar-refractivity contribution < 1.29 is 51.1 Å². The number of aliphatic hydroxyl groups is 10. The van der Waals surface area contributed by atoms with Crippen molar-refractivity contribution >= 4 is 0 Å². The molecule has 8 unspecified atom stereocenters. The van der Waals surface area contributed by atoms with E-state index in [0.29, 0.717) is 13.1 Å². The molecule has 0 amide bonds. The van der Waals surface area contributed by atoms with Crippen molar-refractivity contribution in [3.8, 4) is 0 Å². The van der Waals surface area contributed by atoms with Gasteiger partial charge >= 0.3 is 0 Å². The number of nitrogens with zero attached hydrogens (tertiary/aromatic N) is 2. The van der Waals surface area contributed by atoms with Crippen LogP contribution in [0.5, 0.6) is 0 Å². The van der Waals surface area contributed by atoms with Gasteiger partial charge in [0, 0.05) is 13.1 Å². The van der Waals surface area contributed by atoms with Gasteiger partial charge in [0.1, 0.15) is 36.6 Å². The molecular formula is C17H38N2O10. The lowest BCUT2D eigenvalue weighted by Crippen LogP contribution is -2.53. The van der Waals surface area contributed by atoms with Crippen LogP contribution in [0.2, 0.25) is 0 Å². The predicted molar refractivity (Wildman–Crippen MR) is 102 cm³/mol. The summed E-state index contributed by atoms with van der Waals surface area (Å²) in [5.41, 5.74) is 0. The molecule has 8 atom stereocenters. The topological polar surface area (TPSA) is 209 Å². The van der Waals surface area contributed by atoms with Gasteiger partial charge < -0.3 is 51.1 Å². The molecule has 29 heavy (non-hydrogen) atoms. The summed E-state index contributed by atoms with van der Waals surface area (Å²) < 4.78 is 0. The summed E-state index contributed by atoms with van der Waals surface area (Å²) >= 11 is 0. The molecule has 0 bridgehead atoms. The Morgan fingerprint density at radius 1 is 0.517 bits per heavy atom. The summed E-state index contributed by atoms with van der Waals surface area (Å²) in [5.74, 6) is 0. The third kappa shape index (κ3) is 9.46. The Morgan fingerprint density at radius 2 is 0.793 bits per heavy atom. The highest BCUT2D eigenvalue weighted by molar-refractivity contribution is 4.84. The van der Waals surface area contributed by atoms with Crippen molar-refractivity contribution in [1.29, 1.82) is 0 Å². The summed E-state index contributed by atoms with van der Waals surface area (Å²) in [6.07, 6.45) is -12.9. The zero-order valence-corrected chi connectivity index (χ0v) is 16.9. The first kappa shape index (κ1) is 28.5. The minimum Gasteiger partial charge on any atom is -0.394 e. The zero-order valence-electron chi connectivity index (χ0n) is 16.9. The van der Waals surface area contributed by atoms with Gasteiger partial charge in [-0.3, -0.25) is 9.80 Å². The quantitative estimate of drug-likeness (QED) is 0.104. The molecule has 0 aromatic rings. The van der Waals surface area contributed by atoms with Gasteiger partial charge in [-0.15, -0.1) is 0 Å². The summed E-state index contributed by atoms with van der Waals surface area (Å²) in [6, 6.07) is 0. The standard InChI is InChI=1S/C17H38N2O10/c1-3-18(5-10(22)14(26)16(28)12(24)7-20)9-19(4-2)6-11(23)15(27)17(29)13(25)8-21/h10-17,20-29H,3-9H2,1-2H3. The van der Waals surface area contributed by atoms with Gasteiger partial charge in [0.15, 0.2) is 0 Å². The lowest BCUT2D eigenvalue weighted by Gasteiger charge is -2.35. The fourth-order valence-electron chi connectivity index (χ4n) is 2.73. The molecule has 0 rings (SSSR count). The molecule has 0 aromatic carbocycles. The van der Waals surface area contributed by atoms with E-state index in [0.717, 1.165) is 0 Å². The van der Waals surface area contributed by atoms with Crippen LogP contribution in [0, 0.1) is 0 Å². The third-order valence-electron chi connectivity index (χ3n) is 4.84. The Kier molecular flexibility index (Phi) is 14.3. The Morgan fingerprint density at radius 3 is 1.03 bits per heavy atom. The molecule has 176 valence electrons. The van der Waals surface area contributed by atoms with Crippen LogP contribution in [0.1, 0.15) is 13.8 Å². The maximum atomic E-state index is 10.1. The van der Waals surface area contributed by atoms with Crippen LogP contribution in [0.4, 0.5) is 0 Å². The highest BCUT2D eigenvalue weighted by Crippen LogP contribution is 2.10. The predicted octanol–water partition coefficient (Wildman–Crippen LogP) is -5.54. The fraction of sp³-hybridized carbons (Fsp3) is 1.00. The van der Waals surface area contributed by atoms with Crippen molar-refractivity contribution in [3.63, 3.8) is 0 Å². The van der Waals surface area contributed by atoms with Gasteiger partial charge in [-0.1, -0.05) is 13.8 Å². The summed E-state index contributed by atoms with van der Waals surface area (Å²) in [4.78, 5) is 3.35. The lowest BCUT2D eigenvalue weighted by molar-refractivity contribution is -0.125. The monoisotopic (exact) mass is 430 g/mol. The van der Waals surface area contributed by atoms with E-state index in [1.54, 1.807) is 23.6 Å². The number of rotatable bonds is 16. The normalized spacial score (nSPS) is 20.9. The van der Waals surface area contributed by atoms with E-state index < -0.39 is 62.0 Å². The second kappa shape index (κ2) is 14.5. The van der Waals surface area contributed by atoms with E-state index in [-0.39, 0.29) is 19.8 Å². The molecule has 0 saturated carbocycles. The van der Waals surface area contributed by atoms with Gasteiger partial charge in [-0.05, 0) is 13.1 Å². The Hall–Kier alpha value is -0.480. The van der Waals surface area contributed by atoms with Crippen LogP contribution < -0.4 is 0 Å². The summed E-state index contributed by atoms with van der Waals surface area (Å²) in [7, 11) is 0. The van der Waals surface area contributed by atoms with Crippen molar-refractivity contribution in [2.45, 2.75) is 62.7 Å². The minimum atomic E-state index is -1.73. The number of hydrogen-bond acceptors (Lipinski definition) is 12. The number of hydrogen-bond donors (Lipinski definition) is 10. The SMILES string of the molecule is CCN(CC(O)C(O)C(O)C(O)CO)CN(CC)CC(O)C(O)C(O)C(O)CO. The second-order valence-corrected chi connectivity index (χ2v) is 7.08. The maximum Gasteiger partial charge on any atom is 0.111 e. The van der Waals surface area contributed by atoms with Crippen molar-refractivity contribution in [1.82, 2.24) is 9.80 Å². The number of aliphatic hydroxyl groups excluding tert-OH is 10. The molecule has 0 aromatic heterocycles. The molecule has 0 aliphatic rings. The van der Waals surface area contributed by atoms with Crippen LogP contribution in [-0.2, 0) is 0 Å². The van der Waals surface area contributed by atoms with E-state index in [9.17, 15) is 40.9 Å². The minimum absolute atomic E-state index is 0.0894. The molecule has 0 aliphatic carbocycles. The van der Waals surface area contributed by atoms with Crippen molar-refractivity contribution in [2.75, 3.05) is 46.1 Å². The molecule has 0 aliphatic heterocycles. The summed E-state index contributed by atoms with van der Waals surface area (Å²) in [6.45, 7) is 2.86.